The molecule has 58 heavy (non-hydrogen) atoms. The second kappa shape index (κ2) is 18.2. The maximum atomic E-state index is 14.0. The normalized spacial score (nSPS) is 17.6. The first-order valence-corrected chi connectivity index (χ1v) is 20.1. The van der Waals surface area contributed by atoms with E-state index in [1.54, 1.807) is 12.1 Å². The Hall–Kier alpha value is -5.82. The molecule has 0 saturated heterocycles. The second-order valence-electron chi connectivity index (χ2n) is 15.5. The Labute approximate surface area is 337 Å². The summed E-state index contributed by atoms with van der Waals surface area (Å²) in [6, 6.07) is 28.4. The molecule has 1 unspecified atom stereocenters. The number of anilines is 1. The van der Waals surface area contributed by atoms with E-state index in [1.165, 1.54) is 18.6 Å². The van der Waals surface area contributed by atoms with Crippen LogP contribution in [0, 0.1) is 5.92 Å². The zero-order valence-corrected chi connectivity index (χ0v) is 32.5. The fraction of sp³-hybridized carbons (Fsp3) is 0.348. The molecule has 2 aliphatic carbocycles. The Balaban J connectivity index is 0.896. The average Bonchev–Trinajstić information content (AvgIpc) is 3.60. The Morgan fingerprint density at radius 1 is 0.845 bits per heavy atom. The first kappa shape index (κ1) is 40.4. The number of phenolic OH excluding ortho intramolecular Hbond substituents is 1. The van der Waals surface area contributed by atoms with E-state index >= 15 is 0 Å². The number of carbonyl (C=O) groups is 3. The fourth-order valence-corrected chi connectivity index (χ4v) is 8.44. The van der Waals surface area contributed by atoms with E-state index in [9.17, 15) is 29.4 Å². The number of amides is 2. The summed E-state index contributed by atoms with van der Waals surface area (Å²) in [5.41, 5.74) is 10.3. The van der Waals surface area contributed by atoms with Crippen molar-refractivity contribution in [1.29, 1.82) is 0 Å². The van der Waals surface area contributed by atoms with Crippen molar-refractivity contribution < 1.29 is 29.3 Å². The minimum Gasteiger partial charge on any atom is -0.506 e. The van der Waals surface area contributed by atoms with Gasteiger partial charge in [-0.1, -0.05) is 86.0 Å². The highest BCUT2D eigenvalue weighted by Crippen LogP contribution is 2.39. The maximum Gasteiger partial charge on any atom is 0.336 e. The topological polar surface area (TPSA) is 196 Å². The van der Waals surface area contributed by atoms with E-state index in [-0.39, 0.29) is 66.6 Å². The number of aromatic amines is 1. The number of esters is 1. The van der Waals surface area contributed by atoms with Crippen LogP contribution in [0.4, 0.5) is 5.69 Å². The van der Waals surface area contributed by atoms with Gasteiger partial charge < -0.3 is 41.6 Å². The van der Waals surface area contributed by atoms with E-state index in [0.717, 1.165) is 53.5 Å². The minimum atomic E-state index is -1.28. The molecule has 8 N–H and O–H groups in total. The molecule has 1 heterocycles. The van der Waals surface area contributed by atoms with Gasteiger partial charge in [-0.3, -0.25) is 14.4 Å². The van der Waals surface area contributed by atoms with Gasteiger partial charge in [-0.15, -0.1) is 0 Å². The third kappa shape index (κ3) is 9.31. The van der Waals surface area contributed by atoms with Gasteiger partial charge in [0, 0.05) is 36.8 Å². The number of hydrogen-bond acceptors (Lipinski definition) is 9. The van der Waals surface area contributed by atoms with Crippen molar-refractivity contribution in [3.05, 3.63) is 141 Å². The number of aliphatic hydroxyl groups is 1. The van der Waals surface area contributed by atoms with Gasteiger partial charge in [-0.05, 0) is 89.2 Å². The number of carbonyl (C=O) groups excluding carboxylic acids is 3. The number of fused-ring (bicyclic) bond motifs is 2. The van der Waals surface area contributed by atoms with Crippen LogP contribution in [0.5, 0.6) is 5.75 Å². The molecule has 4 aromatic carbocycles. The Bertz CT molecular complexity index is 2300. The van der Waals surface area contributed by atoms with Gasteiger partial charge in [0.25, 0.3) is 0 Å². The average molecular weight is 786 g/mol. The molecule has 12 nitrogen and oxygen atoms in total. The maximum absolute atomic E-state index is 14.0. The fourth-order valence-electron chi connectivity index (χ4n) is 8.44. The molecule has 2 aliphatic rings. The zero-order valence-electron chi connectivity index (χ0n) is 32.5. The van der Waals surface area contributed by atoms with E-state index in [2.05, 4.69) is 20.9 Å². The van der Waals surface area contributed by atoms with Crippen LogP contribution in [0.25, 0.3) is 10.9 Å². The largest absolute Gasteiger partial charge is 0.506 e. The number of ether oxygens (including phenoxy) is 1. The molecule has 1 saturated carbocycles. The lowest BCUT2D eigenvalue weighted by Crippen LogP contribution is -2.53. The van der Waals surface area contributed by atoms with Crippen LogP contribution < -0.4 is 27.2 Å². The number of rotatable bonds is 15. The van der Waals surface area contributed by atoms with Crippen molar-refractivity contribution in [2.75, 3.05) is 18.4 Å². The molecule has 1 fully saturated rings. The number of H-pyrrole nitrogens is 1. The van der Waals surface area contributed by atoms with Crippen molar-refractivity contribution in [3.63, 3.8) is 0 Å². The molecule has 0 spiro atoms. The summed E-state index contributed by atoms with van der Waals surface area (Å²) in [6.45, 7) is 0.954. The minimum absolute atomic E-state index is 0.0581. The van der Waals surface area contributed by atoms with Crippen LogP contribution in [0.1, 0.15) is 78.0 Å². The van der Waals surface area contributed by atoms with Crippen LogP contribution in [-0.2, 0) is 50.5 Å². The van der Waals surface area contributed by atoms with E-state index < -0.39 is 17.6 Å². The number of nitrogens with one attached hydrogen (secondary N) is 4. The van der Waals surface area contributed by atoms with Gasteiger partial charge in [-0.25, -0.2) is 4.79 Å². The monoisotopic (exact) mass is 785 g/mol. The molecular weight excluding hydrogens is 735 g/mol. The van der Waals surface area contributed by atoms with Crippen molar-refractivity contribution >= 4 is 34.4 Å². The lowest BCUT2D eigenvalue weighted by atomic mass is 9.85. The zero-order chi connectivity index (χ0) is 40.6. The second-order valence-corrected chi connectivity index (χ2v) is 15.5. The number of aryl methyl sites for hydroxylation is 1. The van der Waals surface area contributed by atoms with Gasteiger partial charge >= 0.3 is 5.97 Å². The molecule has 0 aliphatic heterocycles. The lowest BCUT2D eigenvalue weighted by Gasteiger charge is -2.34. The number of phenols is 1. The molecule has 302 valence electrons. The van der Waals surface area contributed by atoms with Crippen molar-refractivity contribution in [3.8, 4) is 5.75 Å². The molecule has 12 heteroatoms. The number of aliphatic hydroxyl groups excluding tert-OH is 1. The SMILES string of the molecule is NC[C@H](OC(=O)C1(NC(=O)Cc2ccc(CC(=O)Nc3ccc(CNC[C@H](O)c4ccc(O)c5[nH]c(=O)ccc45)cc3)cc2)CCc2ccccc21)C1CCCCC1. The first-order chi connectivity index (χ1) is 28.1. The van der Waals surface area contributed by atoms with Gasteiger partial charge in [0.05, 0.1) is 24.5 Å². The quantitative estimate of drug-likeness (QED) is 0.0700. The van der Waals surface area contributed by atoms with Crippen LogP contribution in [-0.4, -0.2) is 52.2 Å². The van der Waals surface area contributed by atoms with Crippen molar-refractivity contribution in [1.82, 2.24) is 15.6 Å². The van der Waals surface area contributed by atoms with Gasteiger partial charge in [0.2, 0.25) is 17.4 Å². The number of hydrogen-bond donors (Lipinski definition) is 7. The predicted octanol–water partition coefficient (Wildman–Crippen LogP) is 5.19. The third-order valence-corrected chi connectivity index (χ3v) is 11.5. The number of benzene rings is 4. The number of aromatic hydroxyl groups is 1. The summed E-state index contributed by atoms with van der Waals surface area (Å²) in [6.07, 6.45) is 5.36. The predicted molar refractivity (Wildman–Crippen MR) is 222 cm³/mol. The number of pyridine rings is 1. The van der Waals surface area contributed by atoms with Crippen LogP contribution in [0.2, 0.25) is 0 Å². The third-order valence-electron chi connectivity index (χ3n) is 11.5. The Kier molecular flexibility index (Phi) is 12.7. The Morgan fingerprint density at radius 2 is 1.53 bits per heavy atom. The molecule has 0 bridgehead atoms. The molecule has 2 amide bonds. The van der Waals surface area contributed by atoms with Gasteiger partial charge in [-0.2, -0.15) is 0 Å². The molecule has 0 radical (unpaired) electrons. The number of nitrogens with two attached hydrogens (primary N) is 1. The van der Waals surface area contributed by atoms with E-state index in [4.69, 9.17) is 10.5 Å². The number of aromatic nitrogens is 1. The highest BCUT2D eigenvalue weighted by atomic mass is 16.5. The molecular formula is C46H51N5O7. The van der Waals surface area contributed by atoms with Gasteiger partial charge in [0.15, 0.2) is 5.54 Å². The summed E-state index contributed by atoms with van der Waals surface area (Å²) in [7, 11) is 0. The summed E-state index contributed by atoms with van der Waals surface area (Å²) >= 11 is 0. The van der Waals surface area contributed by atoms with Crippen LogP contribution in [0.15, 0.2) is 102 Å². The molecule has 5 aromatic rings. The van der Waals surface area contributed by atoms with Crippen LogP contribution >= 0.6 is 0 Å². The van der Waals surface area contributed by atoms with Gasteiger partial charge in [0.1, 0.15) is 11.9 Å². The smallest absolute Gasteiger partial charge is 0.336 e. The standard InChI is InChI=1S/C46H51N5O7/c47-26-40(33-7-2-1-3-8-33)58-45(57)46(23-22-32-6-4-5-9-37(32)46)51-43(56)25-30-12-10-29(11-13-30)24-42(55)49-34-16-14-31(15-17-34)27-48-28-39(53)35-18-20-38(52)44-36(35)19-21-41(54)50-44/h4-6,9-21,33,39-40,48,52-53H,1-3,7-8,22-28,47H2,(H,49,55)(H,50,54)(H,51,56)/t39-,40-,46?/m0/s1. The van der Waals surface area contributed by atoms with Crippen molar-refractivity contribution in [2.45, 2.75) is 82.1 Å². The molecule has 3 atom stereocenters. The summed E-state index contributed by atoms with van der Waals surface area (Å²) < 4.78 is 6.15. The first-order valence-electron chi connectivity index (χ1n) is 20.1. The highest BCUT2D eigenvalue weighted by molar-refractivity contribution is 5.93. The summed E-state index contributed by atoms with van der Waals surface area (Å²) in [4.78, 5) is 54.9. The molecule has 1 aromatic heterocycles. The lowest BCUT2D eigenvalue weighted by molar-refractivity contribution is -0.162. The van der Waals surface area contributed by atoms with E-state index in [0.29, 0.717) is 36.0 Å². The van der Waals surface area contributed by atoms with Crippen molar-refractivity contribution in [2.24, 2.45) is 11.7 Å². The summed E-state index contributed by atoms with van der Waals surface area (Å²) in [5.74, 6) is -0.763. The Morgan fingerprint density at radius 3 is 2.26 bits per heavy atom. The van der Waals surface area contributed by atoms with E-state index in [1.807, 2.05) is 72.8 Å². The summed E-state index contributed by atoms with van der Waals surface area (Å²) in [5, 5.41) is 30.8. The van der Waals surface area contributed by atoms with Crippen LogP contribution in [0.3, 0.4) is 0 Å². The molecule has 7 rings (SSSR count). The highest BCUT2D eigenvalue weighted by Gasteiger charge is 2.49.